The Balaban J connectivity index is 1.69. The summed E-state index contributed by atoms with van der Waals surface area (Å²) in [4.78, 5) is 13.3. The predicted octanol–water partition coefficient (Wildman–Crippen LogP) is 2.10. The molecule has 1 fully saturated rings. The van der Waals surface area contributed by atoms with Crippen LogP contribution in [-0.2, 0) is 17.6 Å². The molecule has 1 atom stereocenters. The summed E-state index contributed by atoms with van der Waals surface area (Å²) in [5, 5.41) is 4.07. The minimum atomic E-state index is -2.62. The molecule has 30 heavy (non-hydrogen) atoms. The van der Waals surface area contributed by atoms with Crippen LogP contribution in [0.3, 0.4) is 0 Å². The Morgan fingerprint density at radius 1 is 1.30 bits per heavy atom. The van der Waals surface area contributed by atoms with E-state index >= 15 is 0 Å². The van der Waals surface area contributed by atoms with Crippen LogP contribution < -0.4 is 10.1 Å². The molecule has 154 valence electrons. The van der Waals surface area contributed by atoms with Crippen molar-refractivity contribution in [3.63, 3.8) is 0 Å². The summed E-state index contributed by atoms with van der Waals surface area (Å²) < 4.78 is 43.8. The maximum absolute atomic E-state index is 14.3. The average Bonchev–Trinajstić information content (AvgIpc) is 3.04. The number of aromatic nitrogens is 4. The third kappa shape index (κ3) is 3.13. The van der Waals surface area contributed by atoms with Crippen LogP contribution in [0.2, 0.25) is 0 Å². The maximum Gasteiger partial charge on any atom is 0.215 e. The quantitative estimate of drug-likeness (QED) is 0.487. The van der Waals surface area contributed by atoms with Gasteiger partial charge in [-0.25, -0.2) is 14.4 Å². The molecule has 10 heteroatoms. The van der Waals surface area contributed by atoms with E-state index in [1.807, 2.05) is 10.6 Å². The Kier molecular flexibility index (Phi) is 4.69. The van der Waals surface area contributed by atoms with Crippen LogP contribution in [0.1, 0.15) is 17.3 Å². The van der Waals surface area contributed by atoms with Crippen molar-refractivity contribution in [2.24, 2.45) is 0 Å². The zero-order chi connectivity index (χ0) is 20.8. The van der Waals surface area contributed by atoms with Crippen LogP contribution in [0.5, 0.6) is 5.88 Å². The summed E-state index contributed by atoms with van der Waals surface area (Å²) >= 11 is -2.62. The standard InChI is InChI=1S/C20H18FN5O3S/c1-29-17-5-3-13-18-15(9-23-19(13)25-17)24-20(12-7-22-8-12)26(18)10-11-2-4-16(30(27)28)14(21)6-11/h2-6,9,12,22H,7-8,10H2,1H3,(H,27,28)/p-1. The second-order valence-corrected chi connectivity index (χ2v) is 8.04. The largest absolute Gasteiger partial charge is 0.768 e. The smallest absolute Gasteiger partial charge is 0.215 e. The first-order valence-corrected chi connectivity index (χ1v) is 10.4. The highest BCUT2D eigenvalue weighted by atomic mass is 32.2. The number of benzene rings is 1. The van der Waals surface area contributed by atoms with Crippen LogP contribution in [-0.4, -0.2) is 48.5 Å². The van der Waals surface area contributed by atoms with Gasteiger partial charge in [-0.3, -0.25) is 4.21 Å². The Hall–Kier alpha value is -2.95. The fraction of sp³-hybridized carbons (Fsp3) is 0.250. The number of imidazole rings is 1. The van der Waals surface area contributed by atoms with Crippen LogP contribution in [0.15, 0.2) is 41.4 Å². The Labute approximate surface area is 173 Å². The second kappa shape index (κ2) is 7.38. The minimum absolute atomic E-state index is 0.233. The van der Waals surface area contributed by atoms with E-state index in [1.54, 1.807) is 25.4 Å². The van der Waals surface area contributed by atoms with Gasteiger partial charge in [0.2, 0.25) is 5.88 Å². The molecule has 1 aliphatic rings. The number of rotatable bonds is 5. The van der Waals surface area contributed by atoms with Gasteiger partial charge in [-0.2, -0.15) is 4.98 Å². The van der Waals surface area contributed by atoms with Crippen LogP contribution >= 0.6 is 0 Å². The molecule has 3 aromatic heterocycles. The van der Waals surface area contributed by atoms with Crippen molar-refractivity contribution in [3.05, 3.63) is 53.7 Å². The van der Waals surface area contributed by atoms with Crippen molar-refractivity contribution in [3.8, 4) is 5.88 Å². The summed E-state index contributed by atoms with van der Waals surface area (Å²) in [6.07, 6.45) is 1.68. The predicted molar refractivity (Wildman–Crippen MR) is 108 cm³/mol. The molecule has 1 N–H and O–H groups in total. The van der Waals surface area contributed by atoms with Crippen molar-refractivity contribution in [1.82, 2.24) is 24.8 Å². The molecule has 4 aromatic rings. The van der Waals surface area contributed by atoms with Crippen molar-refractivity contribution in [2.75, 3.05) is 20.2 Å². The highest BCUT2D eigenvalue weighted by molar-refractivity contribution is 7.79. The Morgan fingerprint density at radius 2 is 2.13 bits per heavy atom. The molecule has 0 saturated carbocycles. The fourth-order valence-electron chi connectivity index (χ4n) is 3.72. The Bertz CT molecular complexity index is 1300. The van der Waals surface area contributed by atoms with E-state index in [4.69, 9.17) is 9.72 Å². The molecule has 0 amide bonds. The van der Waals surface area contributed by atoms with Gasteiger partial charge in [0.1, 0.15) is 17.2 Å². The van der Waals surface area contributed by atoms with Gasteiger partial charge >= 0.3 is 0 Å². The molecule has 0 bridgehead atoms. The number of nitrogens with zero attached hydrogens (tertiary/aromatic N) is 4. The lowest BCUT2D eigenvalue weighted by atomic mass is 10.0. The van der Waals surface area contributed by atoms with E-state index < -0.39 is 16.9 Å². The zero-order valence-corrected chi connectivity index (χ0v) is 16.8. The van der Waals surface area contributed by atoms with Crippen molar-refractivity contribution in [2.45, 2.75) is 17.4 Å². The first-order valence-electron chi connectivity index (χ1n) is 9.33. The van der Waals surface area contributed by atoms with Crippen LogP contribution in [0, 0.1) is 5.82 Å². The van der Waals surface area contributed by atoms with Gasteiger partial charge in [-0.05, 0) is 34.8 Å². The maximum atomic E-state index is 14.3. The number of halogens is 1. The normalized spacial score (nSPS) is 15.4. The van der Waals surface area contributed by atoms with Crippen LogP contribution in [0.25, 0.3) is 22.1 Å². The third-order valence-electron chi connectivity index (χ3n) is 5.31. The summed E-state index contributed by atoms with van der Waals surface area (Å²) in [6, 6.07) is 7.81. The van der Waals surface area contributed by atoms with E-state index in [2.05, 4.69) is 15.3 Å². The zero-order valence-electron chi connectivity index (χ0n) is 16.0. The van der Waals surface area contributed by atoms with Crippen molar-refractivity contribution in [1.29, 1.82) is 0 Å². The van der Waals surface area contributed by atoms with Gasteiger partial charge in [0.05, 0.1) is 23.7 Å². The van der Waals surface area contributed by atoms with Crippen molar-refractivity contribution < 1.29 is 17.9 Å². The first-order chi connectivity index (χ1) is 14.5. The molecule has 1 unspecified atom stereocenters. The number of hydrogen-bond acceptors (Lipinski definition) is 7. The van der Waals surface area contributed by atoms with Gasteiger partial charge in [0.15, 0.2) is 5.65 Å². The molecular formula is C20H17FN5O3S-. The summed E-state index contributed by atoms with van der Waals surface area (Å²) in [5.74, 6) is 0.810. The minimum Gasteiger partial charge on any atom is -0.768 e. The number of nitrogens with one attached hydrogen (secondary N) is 1. The number of pyridine rings is 2. The monoisotopic (exact) mass is 426 g/mol. The number of ether oxygens (including phenoxy) is 1. The van der Waals surface area contributed by atoms with E-state index in [1.165, 1.54) is 12.1 Å². The van der Waals surface area contributed by atoms with Gasteiger partial charge in [0.25, 0.3) is 0 Å². The molecule has 8 nitrogen and oxygen atoms in total. The summed E-state index contributed by atoms with van der Waals surface area (Å²) in [7, 11) is 1.55. The molecule has 1 saturated heterocycles. The van der Waals surface area contributed by atoms with Gasteiger partial charge < -0.3 is 19.2 Å². The lowest BCUT2D eigenvalue weighted by molar-refractivity contribution is 0.399. The topological polar surface area (TPSA) is 105 Å². The van der Waals surface area contributed by atoms with Gasteiger partial charge in [-0.1, -0.05) is 6.07 Å². The molecular weight excluding hydrogens is 409 g/mol. The van der Waals surface area contributed by atoms with E-state index in [-0.39, 0.29) is 10.8 Å². The molecule has 5 rings (SSSR count). The lowest BCUT2D eigenvalue weighted by Gasteiger charge is -2.27. The summed E-state index contributed by atoms with van der Waals surface area (Å²) in [6.45, 7) is 1.96. The number of hydrogen-bond donors (Lipinski definition) is 1. The van der Waals surface area contributed by atoms with E-state index in [0.717, 1.165) is 35.3 Å². The second-order valence-electron chi connectivity index (χ2n) is 7.13. The van der Waals surface area contributed by atoms with E-state index in [9.17, 15) is 13.2 Å². The number of fused-ring (bicyclic) bond motifs is 3. The van der Waals surface area contributed by atoms with Gasteiger partial charge in [-0.15, -0.1) is 0 Å². The van der Waals surface area contributed by atoms with Crippen LogP contribution in [0.4, 0.5) is 4.39 Å². The Morgan fingerprint density at radius 3 is 2.80 bits per heavy atom. The third-order valence-corrected chi connectivity index (χ3v) is 6.00. The molecule has 0 aliphatic carbocycles. The highest BCUT2D eigenvalue weighted by Gasteiger charge is 2.27. The SMILES string of the molecule is COc1ccc2c(ncc3nc(C4CNC4)n(Cc4ccc(S(=O)[O-])c(F)c4)c32)n1. The van der Waals surface area contributed by atoms with Crippen molar-refractivity contribution >= 4 is 33.1 Å². The van der Waals surface area contributed by atoms with Gasteiger partial charge in [0, 0.05) is 37.0 Å². The van der Waals surface area contributed by atoms with E-state index in [0.29, 0.717) is 23.6 Å². The summed E-state index contributed by atoms with van der Waals surface area (Å²) in [5.41, 5.74) is 2.76. The molecule has 1 aliphatic heterocycles. The number of methoxy groups -OCH3 is 1. The molecule has 1 aromatic carbocycles. The fourth-order valence-corrected chi connectivity index (χ4v) is 4.11. The molecule has 4 heterocycles. The lowest BCUT2D eigenvalue weighted by Crippen LogP contribution is -2.41. The molecule has 0 radical (unpaired) electrons. The molecule has 0 spiro atoms. The first kappa shape index (κ1) is 19.0. The highest BCUT2D eigenvalue weighted by Crippen LogP contribution is 2.30. The average molecular weight is 426 g/mol.